The monoisotopic (exact) mass is 251 g/mol. The number of nitrogens with zero attached hydrogens (tertiary/aromatic N) is 3. The van der Waals surface area contributed by atoms with Crippen LogP contribution in [0.1, 0.15) is 19.3 Å². The van der Waals surface area contributed by atoms with Gasteiger partial charge in [0.05, 0.1) is 11.3 Å². The maximum atomic E-state index is 10.9. The van der Waals surface area contributed by atoms with Crippen molar-refractivity contribution in [1.29, 1.82) is 0 Å². The predicted molar refractivity (Wildman–Crippen MR) is 63.5 cm³/mol. The smallest absolute Gasteiger partial charge is 0.311 e. The van der Waals surface area contributed by atoms with E-state index in [-0.39, 0.29) is 24.0 Å². The Bertz CT molecular complexity index is 477. The van der Waals surface area contributed by atoms with E-state index in [4.69, 9.17) is 5.11 Å². The van der Waals surface area contributed by atoms with Crippen molar-refractivity contribution >= 4 is 17.5 Å². The van der Waals surface area contributed by atoms with Gasteiger partial charge in [-0.25, -0.2) is 4.98 Å². The number of carboxylic acids is 1. The molecule has 0 amide bonds. The van der Waals surface area contributed by atoms with Crippen LogP contribution in [0.5, 0.6) is 0 Å². The summed E-state index contributed by atoms with van der Waals surface area (Å²) < 4.78 is 0. The van der Waals surface area contributed by atoms with E-state index in [0.29, 0.717) is 6.54 Å². The van der Waals surface area contributed by atoms with Crippen LogP contribution < -0.4 is 4.90 Å². The van der Waals surface area contributed by atoms with E-state index in [1.807, 2.05) is 0 Å². The molecule has 1 saturated heterocycles. The lowest BCUT2D eigenvalue weighted by Crippen LogP contribution is -2.32. The highest BCUT2D eigenvalue weighted by Crippen LogP contribution is 2.32. The molecule has 18 heavy (non-hydrogen) atoms. The summed E-state index contributed by atoms with van der Waals surface area (Å²) in [6.45, 7) is 0.607. The summed E-state index contributed by atoms with van der Waals surface area (Å²) in [7, 11) is 0. The Hall–Kier alpha value is -2.18. The average molecular weight is 251 g/mol. The van der Waals surface area contributed by atoms with E-state index in [0.717, 1.165) is 12.8 Å². The van der Waals surface area contributed by atoms with Gasteiger partial charge < -0.3 is 10.0 Å². The minimum atomic E-state index is -0.898. The van der Waals surface area contributed by atoms with Crippen LogP contribution >= 0.6 is 0 Å². The van der Waals surface area contributed by atoms with Crippen molar-refractivity contribution in [2.45, 2.75) is 25.3 Å². The molecule has 96 valence electrons. The zero-order valence-corrected chi connectivity index (χ0v) is 9.65. The molecule has 7 nitrogen and oxygen atoms in total. The van der Waals surface area contributed by atoms with E-state index in [2.05, 4.69) is 4.98 Å². The molecule has 2 heterocycles. The zero-order chi connectivity index (χ0) is 13.1. The molecule has 2 rings (SSSR count). The van der Waals surface area contributed by atoms with E-state index < -0.39 is 10.9 Å². The van der Waals surface area contributed by atoms with Crippen LogP contribution in [0.2, 0.25) is 0 Å². The number of anilines is 1. The number of pyridine rings is 1. The Labute approximate surface area is 103 Å². The molecule has 0 saturated carbocycles. The molecule has 1 aromatic heterocycles. The lowest BCUT2D eigenvalue weighted by atomic mass is 10.1. The molecular formula is C11H13N3O4. The lowest BCUT2D eigenvalue weighted by Gasteiger charge is -2.23. The van der Waals surface area contributed by atoms with Crippen molar-refractivity contribution < 1.29 is 14.8 Å². The molecule has 7 heteroatoms. The van der Waals surface area contributed by atoms with Gasteiger partial charge in [0, 0.05) is 24.8 Å². The first-order chi connectivity index (χ1) is 8.59. The van der Waals surface area contributed by atoms with Gasteiger partial charge >= 0.3 is 11.7 Å². The summed E-state index contributed by atoms with van der Waals surface area (Å²) in [5, 5.41) is 19.8. The highest BCUT2D eigenvalue weighted by Gasteiger charge is 2.31. The topological polar surface area (TPSA) is 96.6 Å². The largest absolute Gasteiger partial charge is 0.481 e. The summed E-state index contributed by atoms with van der Waals surface area (Å²) in [5.41, 5.74) is -0.0743. The quantitative estimate of drug-likeness (QED) is 0.642. The summed E-state index contributed by atoms with van der Waals surface area (Å²) in [5.74, 6) is -0.628. The van der Waals surface area contributed by atoms with Crippen molar-refractivity contribution in [2.75, 3.05) is 11.4 Å². The van der Waals surface area contributed by atoms with Gasteiger partial charge in [-0.3, -0.25) is 14.9 Å². The molecule has 0 spiro atoms. The Morgan fingerprint density at radius 3 is 3.11 bits per heavy atom. The first-order valence-electron chi connectivity index (χ1n) is 5.67. The second-order valence-electron chi connectivity index (χ2n) is 4.19. The fraction of sp³-hybridized carbons (Fsp3) is 0.455. The van der Waals surface area contributed by atoms with Crippen molar-refractivity contribution in [3.05, 3.63) is 28.4 Å². The van der Waals surface area contributed by atoms with Crippen molar-refractivity contribution in [1.82, 2.24) is 4.98 Å². The molecule has 1 aromatic rings. The maximum Gasteiger partial charge on any atom is 0.311 e. The molecule has 1 unspecified atom stereocenters. The van der Waals surface area contributed by atoms with Gasteiger partial charge in [0.1, 0.15) is 0 Å². The summed E-state index contributed by atoms with van der Waals surface area (Å²) in [6.07, 6.45) is 3.01. The average Bonchev–Trinajstić information content (AvgIpc) is 2.76. The van der Waals surface area contributed by atoms with Crippen LogP contribution in [-0.2, 0) is 4.79 Å². The molecule has 0 aliphatic carbocycles. The van der Waals surface area contributed by atoms with Gasteiger partial charge in [-0.2, -0.15) is 0 Å². The number of rotatable bonds is 4. The molecule has 1 aliphatic rings. The molecule has 0 bridgehead atoms. The first-order valence-corrected chi connectivity index (χ1v) is 5.67. The third-order valence-electron chi connectivity index (χ3n) is 3.02. The van der Waals surface area contributed by atoms with Crippen molar-refractivity contribution in [3.63, 3.8) is 0 Å². The Kier molecular flexibility index (Phi) is 3.40. The Balaban J connectivity index is 2.30. The fourth-order valence-electron chi connectivity index (χ4n) is 2.28. The van der Waals surface area contributed by atoms with Gasteiger partial charge in [-0.1, -0.05) is 0 Å². The van der Waals surface area contributed by atoms with Gasteiger partial charge in [0.2, 0.25) is 5.82 Å². The minimum absolute atomic E-state index is 0.0201. The second-order valence-corrected chi connectivity index (χ2v) is 4.19. The van der Waals surface area contributed by atoms with Gasteiger partial charge in [0.15, 0.2) is 0 Å². The Morgan fingerprint density at radius 2 is 2.44 bits per heavy atom. The van der Waals surface area contributed by atoms with Crippen LogP contribution in [0.25, 0.3) is 0 Å². The highest BCUT2D eigenvalue weighted by molar-refractivity contribution is 5.69. The van der Waals surface area contributed by atoms with E-state index >= 15 is 0 Å². The normalized spacial score (nSPS) is 18.9. The number of hydrogen-bond acceptors (Lipinski definition) is 5. The molecule has 1 aliphatic heterocycles. The van der Waals surface area contributed by atoms with Gasteiger partial charge in [-0.15, -0.1) is 0 Å². The van der Waals surface area contributed by atoms with Crippen molar-refractivity contribution in [3.8, 4) is 0 Å². The first kappa shape index (κ1) is 12.3. The van der Waals surface area contributed by atoms with Crippen LogP contribution in [0, 0.1) is 10.1 Å². The molecular weight excluding hydrogens is 238 g/mol. The van der Waals surface area contributed by atoms with E-state index in [1.54, 1.807) is 4.90 Å². The van der Waals surface area contributed by atoms with Gasteiger partial charge in [-0.05, 0) is 18.9 Å². The summed E-state index contributed by atoms with van der Waals surface area (Å²) in [4.78, 5) is 27.0. The zero-order valence-electron chi connectivity index (χ0n) is 9.65. The fourth-order valence-corrected chi connectivity index (χ4v) is 2.28. The predicted octanol–water partition coefficient (Wildman–Crippen LogP) is 1.43. The highest BCUT2D eigenvalue weighted by atomic mass is 16.6. The minimum Gasteiger partial charge on any atom is -0.481 e. The third kappa shape index (κ3) is 2.39. The van der Waals surface area contributed by atoms with Crippen LogP contribution in [-0.4, -0.2) is 33.6 Å². The molecule has 1 atom stereocenters. The van der Waals surface area contributed by atoms with Crippen LogP contribution in [0.3, 0.4) is 0 Å². The summed E-state index contributed by atoms with van der Waals surface area (Å²) >= 11 is 0. The number of aliphatic carboxylic acids is 1. The summed E-state index contributed by atoms with van der Waals surface area (Å²) in [6, 6.07) is 2.68. The number of hydrogen-bond donors (Lipinski definition) is 1. The second kappa shape index (κ2) is 4.99. The molecule has 1 N–H and O–H groups in total. The number of aromatic nitrogens is 1. The van der Waals surface area contributed by atoms with E-state index in [9.17, 15) is 14.9 Å². The number of nitro groups is 1. The number of carbonyl (C=O) groups is 1. The number of carboxylic acid groups (broad SMARTS) is 1. The molecule has 1 fully saturated rings. The van der Waals surface area contributed by atoms with Crippen molar-refractivity contribution in [2.24, 2.45) is 0 Å². The standard InChI is InChI=1S/C11H13N3O4/c15-10(16)7-8-3-2-6-13(8)11-9(14(17)18)4-1-5-12-11/h1,4-5,8H,2-3,6-7H2,(H,15,16). The molecule has 0 radical (unpaired) electrons. The van der Waals surface area contributed by atoms with Crippen LogP contribution in [0.4, 0.5) is 11.5 Å². The maximum absolute atomic E-state index is 10.9. The third-order valence-corrected chi connectivity index (χ3v) is 3.02. The molecule has 0 aromatic carbocycles. The van der Waals surface area contributed by atoms with E-state index in [1.165, 1.54) is 18.3 Å². The van der Waals surface area contributed by atoms with Gasteiger partial charge in [0.25, 0.3) is 0 Å². The lowest BCUT2D eigenvalue weighted by molar-refractivity contribution is -0.384. The van der Waals surface area contributed by atoms with Crippen LogP contribution in [0.15, 0.2) is 18.3 Å². The SMILES string of the molecule is O=C(O)CC1CCCN1c1ncccc1[N+](=O)[O-]. The Morgan fingerprint density at radius 1 is 1.67 bits per heavy atom.